The number of rotatable bonds is 5. The summed E-state index contributed by atoms with van der Waals surface area (Å²) in [6.07, 6.45) is 2.31. The Balaban J connectivity index is 2.18. The van der Waals surface area contributed by atoms with Gasteiger partial charge in [-0.3, -0.25) is 0 Å². The molecule has 1 aromatic rings. The van der Waals surface area contributed by atoms with E-state index in [1.54, 1.807) is 22.5 Å². The van der Waals surface area contributed by atoms with Crippen LogP contribution in [0.5, 0.6) is 0 Å². The molecule has 0 saturated carbocycles. The highest BCUT2D eigenvalue weighted by molar-refractivity contribution is 7.89. The highest BCUT2D eigenvalue weighted by atomic mass is 32.2. The molecule has 0 radical (unpaired) electrons. The van der Waals surface area contributed by atoms with Gasteiger partial charge in [-0.05, 0) is 42.9 Å². The van der Waals surface area contributed by atoms with E-state index < -0.39 is 16.0 Å². The lowest BCUT2D eigenvalue weighted by Crippen LogP contribution is -2.40. The van der Waals surface area contributed by atoms with Gasteiger partial charge in [0.15, 0.2) is 0 Å². The summed E-state index contributed by atoms with van der Waals surface area (Å²) in [6.45, 7) is 2.87. The van der Waals surface area contributed by atoms with Gasteiger partial charge in [0, 0.05) is 13.1 Å². The largest absolute Gasteiger partial charge is 0.478 e. The fraction of sp³-hybridized carbons (Fsp3) is 0.533. The third-order valence-corrected chi connectivity index (χ3v) is 5.89. The van der Waals surface area contributed by atoms with Crippen LogP contribution in [0.25, 0.3) is 0 Å². The fourth-order valence-electron chi connectivity index (χ4n) is 2.78. The lowest BCUT2D eigenvalue weighted by Gasteiger charge is -2.32. The van der Waals surface area contributed by atoms with Crippen molar-refractivity contribution < 1.29 is 18.3 Å². The lowest BCUT2D eigenvalue weighted by atomic mass is 9.91. The van der Waals surface area contributed by atoms with E-state index in [4.69, 9.17) is 5.11 Å². The molecule has 1 aliphatic heterocycles. The summed E-state index contributed by atoms with van der Waals surface area (Å²) in [6, 6.07) is 6.81. The Bertz CT molecular complexity index is 612. The number of aromatic carboxylic acids is 1. The summed E-state index contributed by atoms with van der Waals surface area (Å²) in [7, 11) is -3.18. The molecule has 0 amide bonds. The Morgan fingerprint density at radius 3 is 2.86 bits per heavy atom. The van der Waals surface area contributed by atoms with Crippen molar-refractivity contribution in [3.8, 4) is 0 Å². The molecular weight excluding hydrogens is 290 g/mol. The van der Waals surface area contributed by atoms with Crippen molar-refractivity contribution in [1.82, 2.24) is 4.31 Å². The van der Waals surface area contributed by atoms with Crippen molar-refractivity contribution in [3.05, 3.63) is 35.4 Å². The van der Waals surface area contributed by atoms with Gasteiger partial charge in [-0.25, -0.2) is 17.5 Å². The first-order valence-electron chi connectivity index (χ1n) is 7.25. The molecule has 1 fully saturated rings. The van der Waals surface area contributed by atoms with Gasteiger partial charge in [0.2, 0.25) is 10.0 Å². The smallest absolute Gasteiger partial charge is 0.335 e. The van der Waals surface area contributed by atoms with Crippen molar-refractivity contribution in [1.29, 1.82) is 0 Å². The monoisotopic (exact) mass is 311 g/mol. The van der Waals surface area contributed by atoms with Gasteiger partial charge < -0.3 is 5.11 Å². The number of hydrogen-bond acceptors (Lipinski definition) is 3. The van der Waals surface area contributed by atoms with Crippen LogP contribution in [0.1, 0.15) is 48.0 Å². The van der Waals surface area contributed by atoms with Crippen LogP contribution < -0.4 is 0 Å². The van der Waals surface area contributed by atoms with E-state index in [1.165, 1.54) is 0 Å². The molecule has 1 N–H and O–H groups in total. The van der Waals surface area contributed by atoms with Crippen LogP contribution in [-0.2, 0) is 10.0 Å². The molecule has 6 heteroatoms. The van der Waals surface area contributed by atoms with Crippen LogP contribution in [0.2, 0.25) is 0 Å². The number of benzene rings is 1. The molecule has 1 heterocycles. The van der Waals surface area contributed by atoms with Gasteiger partial charge in [0.25, 0.3) is 0 Å². The summed E-state index contributed by atoms with van der Waals surface area (Å²) in [4.78, 5) is 11.0. The predicted molar refractivity (Wildman–Crippen MR) is 81.0 cm³/mol. The topological polar surface area (TPSA) is 74.7 Å². The maximum Gasteiger partial charge on any atom is 0.335 e. The second kappa shape index (κ2) is 6.58. The van der Waals surface area contributed by atoms with E-state index >= 15 is 0 Å². The summed E-state index contributed by atoms with van der Waals surface area (Å²) in [5.74, 6) is -0.706. The van der Waals surface area contributed by atoms with Crippen LogP contribution >= 0.6 is 0 Å². The Morgan fingerprint density at radius 1 is 1.43 bits per heavy atom. The average Bonchev–Trinajstić information content (AvgIpc) is 2.47. The first kappa shape index (κ1) is 16.0. The molecular formula is C15H21NO4S. The van der Waals surface area contributed by atoms with Crippen molar-refractivity contribution in [2.24, 2.45) is 0 Å². The van der Waals surface area contributed by atoms with Gasteiger partial charge in [-0.2, -0.15) is 0 Å². The molecule has 0 spiro atoms. The second-order valence-corrected chi connectivity index (χ2v) is 7.53. The predicted octanol–water partition coefficient (Wildman–Crippen LogP) is 2.30. The molecule has 0 unspecified atom stereocenters. The second-order valence-electron chi connectivity index (χ2n) is 5.44. The summed E-state index contributed by atoms with van der Waals surface area (Å²) >= 11 is 0. The molecule has 1 aliphatic rings. The Labute approximate surface area is 125 Å². The minimum atomic E-state index is -3.18. The van der Waals surface area contributed by atoms with Gasteiger partial charge >= 0.3 is 5.97 Å². The zero-order chi connectivity index (χ0) is 15.5. The molecule has 0 aromatic heterocycles. The Morgan fingerprint density at radius 2 is 2.19 bits per heavy atom. The van der Waals surface area contributed by atoms with Crippen LogP contribution in [0.15, 0.2) is 24.3 Å². The van der Waals surface area contributed by atoms with E-state index in [9.17, 15) is 13.2 Å². The van der Waals surface area contributed by atoms with Crippen LogP contribution in [-0.4, -0.2) is 42.6 Å². The fourth-order valence-corrected chi connectivity index (χ4v) is 4.37. The molecule has 1 aromatic carbocycles. The number of piperidine rings is 1. The van der Waals surface area contributed by atoms with Crippen LogP contribution in [0.3, 0.4) is 0 Å². The van der Waals surface area contributed by atoms with E-state index in [1.807, 2.05) is 13.0 Å². The van der Waals surface area contributed by atoms with Gasteiger partial charge in [-0.15, -0.1) is 0 Å². The minimum absolute atomic E-state index is 0.0738. The van der Waals surface area contributed by atoms with Gasteiger partial charge in [0.05, 0.1) is 11.3 Å². The maximum absolute atomic E-state index is 12.2. The van der Waals surface area contributed by atoms with Crippen LogP contribution in [0.4, 0.5) is 0 Å². The van der Waals surface area contributed by atoms with E-state index in [2.05, 4.69) is 0 Å². The zero-order valence-electron chi connectivity index (χ0n) is 12.2. The highest BCUT2D eigenvalue weighted by Gasteiger charge is 2.29. The third-order valence-electron chi connectivity index (χ3n) is 3.84. The molecule has 1 atom stereocenters. The van der Waals surface area contributed by atoms with Gasteiger partial charge in [-0.1, -0.05) is 19.1 Å². The third kappa shape index (κ3) is 3.83. The number of sulfonamides is 1. The van der Waals surface area contributed by atoms with Crippen molar-refractivity contribution in [3.63, 3.8) is 0 Å². The van der Waals surface area contributed by atoms with E-state index in [0.29, 0.717) is 19.5 Å². The molecule has 5 nitrogen and oxygen atoms in total. The average molecular weight is 311 g/mol. The highest BCUT2D eigenvalue weighted by Crippen LogP contribution is 2.29. The molecule has 0 aliphatic carbocycles. The van der Waals surface area contributed by atoms with Crippen molar-refractivity contribution >= 4 is 16.0 Å². The maximum atomic E-state index is 12.2. The first-order valence-corrected chi connectivity index (χ1v) is 8.86. The molecule has 2 rings (SSSR count). The Hall–Kier alpha value is -1.40. The normalized spacial score (nSPS) is 20.3. The van der Waals surface area contributed by atoms with Crippen molar-refractivity contribution in [2.45, 2.75) is 32.1 Å². The molecule has 1 saturated heterocycles. The summed E-state index contributed by atoms with van der Waals surface area (Å²) in [5.41, 5.74) is 1.16. The van der Waals surface area contributed by atoms with Crippen LogP contribution in [0, 0.1) is 0 Å². The Kier molecular flexibility index (Phi) is 5.00. The molecule has 116 valence electrons. The first-order chi connectivity index (χ1) is 9.94. The minimum Gasteiger partial charge on any atom is -0.478 e. The molecule has 21 heavy (non-hydrogen) atoms. The summed E-state index contributed by atoms with van der Waals surface area (Å²) in [5, 5.41) is 9.05. The number of carboxylic acids is 1. The molecule has 0 bridgehead atoms. The SMILES string of the molecule is CCCS(=O)(=O)N1CCC[C@H](c2cccc(C(=O)O)c2)C1. The number of carbonyl (C=O) groups is 1. The number of hydrogen-bond donors (Lipinski definition) is 1. The summed E-state index contributed by atoms with van der Waals surface area (Å²) < 4.78 is 25.9. The lowest BCUT2D eigenvalue weighted by molar-refractivity contribution is 0.0696. The van der Waals surface area contributed by atoms with Crippen molar-refractivity contribution in [2.75, 3.05) is 18.8 Å². The number of carboxylic acid groups (broad SMARTS) is 1. The van der Waals surface area contributed by atoms with E-state index in [0.717, 1.165) is 18.4 Å². The zero-order valence-corrected chi connectivity index (χ0v) is 13.0. The van der Waals surface area contributed by atoms with Gasteiger partial charge in [0.1, 0.15) is 0 Å². The standard InChI is InChI=1S/C15H21NO4S/c1-2-9-21(19,20)16-8-4-7-14(11-16)12-5-3-6-13(10-12)15(17)18/h3,5-6,10,14H,2,4,7-9,11H2,1H3,(H,17,18)/t14-/m0/s1. The van der Waals surface area contributed by atoms with E-state index in [-0.39, 0.29) is 17.2 Å². The number of nitrogens with zero attached hydrogens (tertiary/aromatic N) is 1. The quantitative estimate of drug-likeness (QED) is 0.905.